The lowest BCUT2D eigenvalue weighted by molar-refractivity contribution is -0.148. The number of carbonyl (C=O) groups is 3. The Bertz CT molecular complexity index is 974. The number of alkyl halides is 1. The number of rotatable bonds is 6. The summed E-state index contributed by atoms with van der Waals surface area (Å²) in [6.07, 6.45) is 10.6. The van der Waals surface area contributed by atoms with Crippen LogP contribution in [0.15, 0.2) is 4.99 Å². The third kappa shape index (κ3) is 5.62. The zero-order chi connectivity index (χ0) is 27.9. The SMILES string of the molecule is CN1CC(C2CCC(F)CC2)C2(CCCN(C(=O)C(CC3C=NC4CCCCC34)NC(=O)C(C)(C)N)C2)C1=O. The van der Waals surface area contributed by atoms with Crippen molar-refractivity contribution in [2.75, 3.05) is 26.7 Å². The normalized spacial score (nSPS) is 37.7. The van der Waals surface area contributed by atoms with Crippen molar-refractivity contribution in [1.82, 2.24) is 15.1 Å². The third-order valence-corrected chi connectivity index (χ3v) is 10.6. The molecule has 218 valence electrons. The molecule has 1 spiro atoms. The fourth-order valence-electron chi connectivity index (χ4n) is 8.37. The maximum atomic E-state index is 14.2. The highest BCUT2D eigenvalue weighted by molar-refractivity contribution is 5.92. The Morgan fingerprint density at radius 2 is 1.90 bits per heavy atom. The van der Waals surface area contributed by atoms with Gasteiger partial charge < -0.3 is 20.9 Å². The second-order valence-corrected chi connectivity index (χ2v) is 13.8. The van der Waals surface area contributed by atoms with E-state index < -0.39 is 23.2 Å². The van der Waals surface area contributed by atoms with E-state index in [0.717, 1.165) is 38.5 Å². The number of nitrogens with one attached hydrogen (secondary N) is 1. The van der Waals surface area contributed by atoms with Gasteiger partial charge in [-0.3, -0.25) is 19.4 Å². The van der Waals surface area contributed by atoms with Gasteiger partial charge in [-0.1, -0.05) is 12.8 Å². The van der Waals surface area contributed by atoms with Gasteiger partial charge in [-0.15, -0.1) is 0 Å². The van der Waals surface area contributed by atoms with Gasteiger partial charge >= 0.3 is 0 Å². The van der Waals surface area contributed by atoms with Gasteiger partial charge in [0.15, 0.2) is 0 Å². The van der Waals surface area contributed by atoms with E-state index in [1.165, 1.54) is 12.8 Å². The first kappa shape index (κ1) is 28.5. The smallest absolute Gasteiger partial charge is 0.245 e. The minimum Gasteiger partial charge on any atom is -0.345 e. The second-order valence-electron chi connectivity index (χ2n) is 13.8. The Kier molecular flexibility index (Phi) is 8.11. The van der Waals surface area contributed by atoms with Crippen LogP contribution in [0.25, 0.3) is 0 Å². The summed E-state index contributed by atoms with van der Waals surface area (Å²) in [5.41, 5.74) is 4.39. The van der Waals surface area contributed by atoms with Crippen molar-refractivity contribution < 1.29 is 18.8 Å². The first-order valence-corrected chi connectivity index (χ1v) is 15.3. The molecule has 3 amide bonds. The minimum atomic E-state index is -1.11. The Labute approximate surface area is 232 Å². The van der Waals surface area contributed by atoms with Crippen LogP contribution in [0.5, 0.6) is 0 Å². The third-order valence-electron chi connectivity index (χ3n) is 10.6. The molecule has 2 saturated carbocycles. The van der Waals surface area contributed by atoms with Crippen LogP contribution < -0.4 is 11.1 Å². The molecule has 3 heterocycles. The number of nitrogens with two attached hydrogens (primary N) is 1. The van der Waals surface area contributed by atoms with Crippen molar-refractivity contribution in [2.45, 2.75) is 108 Å². The molecule has 0 bridgehead atoms. The van der Waals surface area contributed by atoms with Crippen LogP contribution in [0.1, 0.15) is 84.5 Å². The van der Waals surface area contributed by atoms with Gasteiger partial charge in [-0.2, -0.15) is 0 Å². The van der Waals surface area contributed by atoms with E-state index in [0.29, 0.717) is 56.8 Å². The van der Waals surface area contributed by atoms with Gasteiger partial charge in [0.1, 0.15) is 12.2 Å². The standard InChI is InChI=1S/C30H48FN5O3/c1-29(2,32)27(38)34-25(15-20-16-33-24-8-5-4-7-22(20)24)26(37)36-14-6-13-30(18-36)23(17-35(3)28(30)39)19-9-11-21(31)12-10-19/h16,19-25H,4-15,17-18,32H2,1-3H3,(H,34,38). The van der Waals surface area contributed by atoms with Gasteiger partial charge in [0.2, 0.25) is 17.7 Å². The number of likely N-dealkylation sites (tertiary alicyclic amines) is 2. The minimum absolute atomic E-state index is 0.115. The monoisotopic (exact) mass is 545 g/mol. The lowest BCUT2D eigenvalue weighted by Crippen LogP contribution is -2.60. The van der Waals surface area contributed by atoms with Crippen LogP contribution in [0.3, 0.4) is 0 Å². The molecule has 2 saturated heterocycles. The molecule has 0 aromatic rings. The van der Waals surface area contributed by atoms with Crippen LogP contribution >= 0.6 is 0 Å². The molecule has 9 heteroatoms. The molecule has 2 aliphatic carbocycles. The van der Waals surface area contributed by atoms with E-state index in [2.05, 4.69) is 5.32 Å². The van der Waals surface area contributed by atoms with E-state index in [-0.39, 0.29) is 29.6 Å². The second kappa shape index (κ2) is 11.1. The number of hydrogen-bond donors (Lipinski definition) is 2. The average molecular weight is 546 g/mol. The summed E-state index contributed by atoms with van der Waals surface area (Å²) >= 11 is 0. The van der Waals surface area contributed by atoms with Gasteiger partial charge in [-0.25, -0.2) is 4.39 Å². The van der Waals surface area contributed by atoms with Crippen LogP contribution in [0, 0.1) is 29.1 Å². The maximum absolute atomic E-state index is 14.2. The molecule has 5 rings (SSSR count). The lowest BCUT2D eigenvalue weighted by atomic mass is 9.63. The quantitative estimate of drug-likeness (QED) is 0.535. The molecule has 8 nitrogen and oxygen atoms in total. The van der Waals surface area contributed by atoms with Gasteiger partial charge in [-0.05, 0) is 89.4 Å². The van der Waals surface area contributed by atoms with Crippen molar-refractivity contribution in [3.05, 3.63) is 0 Å². The summed E-state index contributed by atoms with van der Waals surface area (Å²) in [7, 11) is 1.86. The summed E-state index contributed by atoms with van der Waals surface area (Å²) in [6, 6.07) is -0.381. The Balaban J connectivity index is 1.36. The van der Waals surface area contributed by atoms with Gasteiger partial charge in [0.25, 0.3) is 0 Å². The number of halogens is 1. The highest BCUT2D eigenvalue weighted by atomic mass is 19.1. The summed E-state index contributed by atoms with van der Waals surface area (Å²) in [6.45, 7) is 4.92. The first-order valence-electron chi connectivity index (χ1n) is 15.3. The summed E-state index contributed by atoms with van der Waals surface area (Å²) < 4.78 is 14.0. The molecular formula is C30H48FN5O3. The van der Waals surface area contributed by atoms with E-state index >= 15 is 0 Å². The topological polar surface area (TPSA) is 108 Å². The zero-order valence-corrected chi connectivity index (χ0v) is 24.0. The van der Waals surface area contributed by atoms with E-state index in [1.807, 2.05) is 23.1 Å². The number of piperidine rings is 1. The molecule has 5 aliphatic rings. The van der Waals surface area contributed by atoms with Crippen LogP contribution in [-0.4, -0.2) is 84.2 Å². The van der Waals surface area contributed by atoms with E-state index in [1.54, 1.807) is 13.8 Å². The fraction of sp³-hybridized carbons (Fsp3) is 0.867. The number of hydrogen-bond acceptors (Lipinski definition) is 5. The Morgan fingerprint density at radius 3 is 2.62 bits per heavy atom. The highest BCUT2D eigenvalue weighted by Gasteiger charge is 2.57. The summed E-state index contributed by atoms with van der Waals surface area (Å²) in [5, 5.41) is 3.00. The highest BCUT2D eigenvalue weighted by Crippen LogP contribution is 2.50. The van der Waals surface area contributed by atoms with E-state index in [4.69, 9.17) is 10.7 Å². The average Bonchev–Trinajstić information content (AvgIpc) is 3.42. The number of nitrogens with zero attached hydrogens (tertiary/aromatic N) is 3. The van der Waals surface area contributed by atoms with Gasteiger partial charge in [0, 0.05) is 38.8 Å². The number of amides is 3. The molecule has 3 N–H and O–H groups in total. The molecule has 0 aromatic carbocycles. The molecule has 0 aromatic heterocycles. The van der Waals surface area contributed by atoms with Crippen molar-refractivity contribution >= 4 is 23.9 Å². The van der Waals surface area contributed by atoms with E-state index in [9.17, 15) is 18.8 Å². The van der Waals surface area contributed by atoms with Crippen LogP contribution in [0.4, 0.5) is 4.39 Å². The van der Waals surface area contributed by atoms with Crippen LogP contribution in [-0.2, 0) is 14.4 Å². The van der Waals surface area contributed by atoms with Crippen molar-refractivity contribution in [3.8, 4) is 0 Å². The Morgan fingerprint density at radius 1 is 1.18 bits per heavy atom. The predicted molar refractivity (Wildman–Crippen MR) is 149 cm³/mol. The fourth-order valence-corrected chi connectivity index (χ4v) is 8.37. The summed E-state index contributed by atoms with van der Waals surface area (Å²) in [4.78, 5) is 49.4. The molecule has 4 fully saturated rings. The molecule has 3 aliphatic heterocycles. The molecule has 39 heavy (non-hydrogen) atoms. The van der Waals surface area contributed by atoms with Crippen molar-refractivity contribution in [2.24, 2.45) is 39.8 Å². The Hall–Kier alpha value is -2.03. The lowest BCUT2D eigenvalue weighted by Gasteiger charge is -2.46. The zero-order valence-electron chi connectivity index (χ0n) is 24.0. The molecular weight excluding hydrogens is 497 g/mol. The number of carbonyl (C=O) groups excluding carboxylic acids is 3. The van der Waals surface area contributed by atoms with Crippen LogP contribution in [0.2, 0.25) is 0 Å². The predicted octanol–water partition coefficient (Wildman–Crippen LogP) is 3.08. The maximum Gasteiger partial charge on any atom is 0.245 e. The number of fused-ring (bicyclic) bond motifs is 1. The van der Waals surface area contributed by atoms with Crippen molar-refractivity contribution in [3.63, 3.8) is 0 Å². The first-order chi connectivity index (χ1) is 18.5. The molecule has 6 atom stereocenters. The van der Waals surface area contributed by atoms with Gasteiger partial charge in [0.05, 0.1) is 17.0 Å². The van der Waals surface area contributed by atoms with Crippen molar-refractivity contribution in [1.29, 1.82) is 0 Å². The largest absolute Gasteiger partial charge is 0.345 e. The molecule has 6 unspecified atom stereocenters. The molecule has 0 radical (unpaired) electrons. The summed E-state index contributed by atoms with van der Waals surface area (Å²) in [5.74, 6) is 0.639. The number of aliphatic imine (C=N–C) groups is 1.